The van der Waals surface area contributed by atoms with Gasteiger partial charge in [0.2, 0.25) is 17.5 Å². The van der Waals surface area contributed by atoms with Crippen molar-refractivity contribution >= 4 is 46.1 Å². The molecular weight excluding hydrogens is 743 g/mol. The normalized spacial score (nSPS) is 20.5. The smallest absolute Gasteiger partial charge is 0.262 e. The monoisotopic (exact) mass is 787 g/mol. The van der Waals surface area contributed by atoms with Crippen molar-refractivity contribution in [1.29, 1.82) is 0 Å². The Bertz CT molecular complexity index is 2300. The number of nitrogens with zero attached hydrogens (tertiary/aromatic N) is 3. The largest absolute Gasteiger partial charge is 0.494 e. The summed E-state index contributed by atoms with van der Waals surface area (Å²) in [5, 5.41) is 6.21. The Kier molecular flexibility index (Phi) is 11.2. The van der Waals surface area contributed by atoms with Crippen molar-refractivity contribution in [3.8, 4) is 17.2 Å². The zero-order valence-electron chi connectivity index (χ0n) is 32.8. The van der Waals surface area contributed by atoms with Crippen molar-refractivity contribution in [3.05, 3.63) is 101 Å². The molecule has 14 nitrogen and oxygen atoms in total. The Labute approximate surface area is 336 Å². The van der Waals surface area contributed by atoms with Crippen LogP contribution in [0.5, 0.6) is 17.2 Å². The zero-order valence-corrected chi connectivity index (χ0v) is 32.8. The molecule has 0 spiro atoms. The molecule has 58 heavy (non-hydrogen) atoms. The van der Waals surface area contributed by atoms with Gasteiger partial charge in [-0.25, -0.2) is 4.85 Å². The van der Waals surface area contributed by atoms with Gasteiger partial charge in [0.1, 0.15) is 29.4 Å². The first-order chi connectivity index (χ1) is 27.8. The van der Waals surface area contributed by atoms with E-state index in [1.54, 1.807) is 42.6 Å². The highest BCUT2D eigenvalue weighted by atomic mass is 16.5. The van der Waals surface area contributed by atoms with Crippen LogP contribution in [-0.4, -0.2) is 84.0 Å². The van der Waals surface area contributed by atoms with Gasteiger partial charge < -0.3 is 24.3 Å². The number of imide groups is 2. The second-order valence-electron chi connectivity index (χ2n) is 15.8. The lowest BCUT2D eigenvalue weighted by Crippen LogP contribution is -2.74. The molecule has 1 aromatic heterocycles. The lowest BCUT2D eigenvalue weighted by Gasteiger charge is -2.63. The Morgan fingerprint density at radius 1 is 0.879 bits per heavy atom. The summed E-state index contributed by atoms with van der Waals surface area (Å²) in [5.41, 5.74) is 1.19. The maximum absolute atomic E-state index is 13.4. The van der Waals surface area contributed by atoms with Crippen LogP contribution in [0.15, 0.2) is 72.9 Å². The maximum atomic E-state index is 13.4. The fourth-order valence-electron chi connectivity index (χ4n) is 8.51. The fourth-order valence-corrected chi connectivity index (χ4v) is 8.51. The number of pyridine rings is 1. The van der Waals surface area contributed by atoms with Crippen LogP contribution < -0.4 is 24.8 Å². The van der Waals surface area contributed by atoms with Crippen LogP contribution in [0.3, 0.4) is 0 Å². The van der Waals surface area contributed by atoms with Gasteiger partial charge in [0.25, 0.3) is 17.7 Å². The summed E-state index contributed by atoms with van der Waals surface area (Å²) < 4.78 is 24.0. The molecule has 1 atom stereocenters. The summed E-state index contributed by atoms with van der Waals surface area (Å²) >= 11 is 0. The van der Waals surface area contributed by atoms with Crippen molar-refractivity contribution in [3.63, 3.8) is 0 Å². The molecule has 1 saturated heterocycles. The van der Waals surface area contributed by atoms with Gasteiger partial charge in [-0.1, -0.05) is 33.8 Å². The van der Waals surface area contributed by atoms with Gasteiger partial charge in [0.05, 0.1) is 36.4 Å². The van der Waals surface area contributed by atoms with E-state index in [-0.39, 0.29) is 52.9 Å². The van der Waals surface area contributed by atoms with Gasteiger partial charge >= 0.3 is 0 Å². The molecule has 3 aromatic carbocycles. The molecule has 7 rings (SSSR count). The lowest BCUT2D eigenvalue weighted by atomic mass is 9.49. The molecule has 0 radical (unpaired) electrons. The van der Waals surface area contributed by atoms with Gasteiger partial charge in [0.15, 0.2) is 0 Å². The summed E-state index contributed by atoms with van der Waals surface area (Å²) in [7, 11) is 0. The first-order valence-corrected chi connectivity index (χ1v) is 19.3. The van der Waals surface area contributed by atoms with Crippen LogP contribution in [0.1, 0.15) is 84.5 Å². The van der Waals surface area contributed by atoms with Crippen LogP contribution >= 0.6 is 0 Å². The second-order valence-corrected chi connectivity index (χ2v) is 15.8. The number of rotatable bonds is 15. The predicted molar refractivity (Wildman–Crippen MR) is 212 cm³/mol. The molecule has 5 amide bonds. The maximum Gasteiger partial charge on any atom is 0.262 e. The van der Waals surface area contributed by atoms with Gasteiger partial charge in [-0.2, -0.15) is 0 Å². The Morgan fingerprint density at radius 3 is 2.24 bits per heavy atom. The van der Waals surface area contributed by atoms with Crippen molar-refractivity contribution in [2.75, 3.05) is 26.4 Å². The summed E-state index contributed by atoms with van der Waals surface area (Å²) in [4.78, 5) is 72.0. The Morgan fingerprint density at radius 2 is 1.55 bits per heavy atom. The van der Waals surface area contributed by atoms with E-state index in [4.69, 9.17) is 25.5 Å². The average Bonchev–Trinajstić information content (AvgIpc) is 3.45. The Balaban J connectivity index is 0.801. The summed E-state index contributed by atoms with van der Waals surface area (Å²) in [5.74, 6) is -0.676. The number of benzene rings is 3. The van der Waals surface area contributed by atoms with Crippen LogP contribution in [0.2, 0.25) is 0 Å². The van der Waals surface area contributed by atoms with E-state index in [2.05, 4.69) is 48.2 Å². The van der Waals surface area contributed by atoms with Crippen LogP contribution in [0.25, 0.3) is 15.7 Å². The third-order valence-electron chi connectivity index (χ3n) is 11.1. The van der Waals surface area contributed by atoms with Crippen LogP contribution in [0.4, 0.5) is 5.69 Å². The predicted octanol–water partition coefficient (Wildman–Crippen LogP) is 6.05. The molecule has 0 bridgehead atoms. The molecule has 4 aromatic rings. The number of carbonyl (C=O) groups excluding carboxylic acids is 5. The first kappa shape index (κ1) is 39.9. The standard InChI is InChI=1S/C44H45N5O9/c1-43(2)41(44(3,4)42(43)58-34-18-16-32(45-5)36-30(34)9-6-20-46-36)48-37(51)26-10-12-27(13-11-26)56-23-7-21-55-22-8-24-57-28-14-15-29-31(25-28)40(54)49(39(29)53)33-17-19-35(50)47-38(33)52/h6,9-16,18,20,25,33,41-42H,7-8,17,19,21-24H2,1-4H3,(H,48,51)(H,47,50,52). The highest BCUT2D eigenvalue weighted by Gasteiger charge is 2.64. The lowest BCUT2D eigenvalue weighted by molar-refractivity contribution is -0.163. The minimum Gasteiger partial charge on any atom is -0.494 e. The SMILES string of the molecule is [C-]#[N+]c1ccc(OC2C(C)(C)C(NC(=O)c3ccc(OCCCOCCCOc4ccc5c(c4)C(=O)N(C4CCC(=O)NC4=O)C5=O)cc3)C2(C)C)c2cccnc12. The molecule has 3 aliphatic rings. The van der Waals surface area contributed by atoms with E-state index in [0.29, 0.717) is 73.3 Å². The van der Waals surface area contributed by atoms with Crippen molar-refractivity contribution in [1.82, 2.24) is 20.5 Å². The third-order valence-corrected chi connectivity index (χ3v) is 11.1. The zero-order chi connectivity index (χ0) is 41.2. The third kappa shape index (κ3) is 7.69. The Hall–Kier alpha value is -6.33. The molecule has 1 saturated carbocycles. The summed E-state index contributed by atoms with van der Waals surface area (Å²) in [6, 6.07) is 17.8. The number of piperidine rings is 1. The van der Waals surface area contributed by atoms with Gasteiger partial charge in [-0.15, -0.1) is 0 Å². The summed E-state index contributed by atoms with van der Waals surface area (Å²) in [6.07, 6.45) is 2.85. The van der Waals surface area contributed by atoms with Gasteiger partial charge in [-0.05, 0) is 67.1 Å². The molecule has 1 unspecified atom stereocenters. The molecule has 2 N–H and O–H groups in total. The highest BCUT2D eigenvalue weighted by Crippen LogP contribution is 2.56. The van der Waals surface area contributed by atoms with E-state index >= 15 is 0 Å². The number of hydrogen-bond acceptors (Lipinski definition) is 10. The molecule has 2 aliphatic heterocycles. The highest BCUT2D eigenvalue weighted by molar-refractivity contribution is 6.23. The van der Waals surface area contributed by atoms with Crippen LogP contribution in [0, 0.1) is 17.4 Å². The average molecular weight is 788 g/mol. The van der Waals surface area contributed by atoms with Gasteiger partial charge in [-0.3, -0.25) is 39.2 Å². The van der Waals surface area contributed by atoms with E-state index in [9.17, 15) is 24.0 Å². The number of nitrogens with one attached hydrogen (secondary N) is 2. The van der Waals surface area contributed by atoms with E-state index in [0.717, 1.165) is 10.3 Å². The molecule has 14 heteroatoms. The number of hydrogen-bond donors (Lipinski definition) is 2. The van der Waals surface area contributed by atoms with Gasteiger partial charge in [0, 0.05) is 66.5 Å². The van der Waals surface area contributed by atoms with Crippen molar-refractivity contribution < 1.29 is 42.9 Å². The number of ether oxygens (including phenoxy) is 4. The molecule has 300 valence electrons. The van der Waals surface area contributed by atoms with E-state index in [1.165, 1.54) is 12.1 Å². The molecule has 2 fully saturated rings. The molecule has 3 heterocycles. The minimum absolute atomic E-state index is 0.0577. The molecular formula is C44H45N5O9. The van der Waals surface area contributed by atoms with E-state index < -0.39 is 29.7 Å². The number of aromatic nitrogens is 1. The minimum atomic E-state index is -1.02. The summed E-state index contributed by atoms with van der Waals surface area (Å²) in [6.45, 7) is 17.5. The van der Waals surface area contributed by atoms with Crippen molar-refractivity contribution in [2.24, 2.45) is 10.8 Å². The fraction of sp³-hybridized carbons (Fsp3) is 0.386. The topological polar surface area (TPSA) is 167 Å². The van der Waals surface area contributed by atoms with E-state index in [1.807, 2.05) is 18.2 Å². The number of carbonyl (C=O) groups is 5. The van der Waals surface area contributed by atoms with Crippen LogP contribution in [-0.2, 0) is 14.3 Å². The molecule has 1 aliphatic carbocycles. The number of amides is 5. The second kappa shape index (κ2) is 16.3. The quantitative estimate of drug-likeness (QED) is 0.0823. The van der Waals surface area contributed by atoms with Crippen molar-refractivity contribution in [2.45, 2.75) is 71.6 Å². The first-order valence-electron chi connectivity index (χ1n) is 19.3. The number of fused-ring (bicyclic) bond motifs is 2.